The van der Waals surface area contributed by atoms with Gasteiger partial charge in [-0.05, 0) is 56.3 Å². The number of likely N-dealkylation sites (N-methyl/N-ethyl adjacent to an activating group) is 1. The first-order valence-electron chi connectivity index (χ1n) is 11.3. The van der Waals surface area contributed by atoms with Crippen molar-refractivity contribution < 1.29 is 9.53 Å². The summed E-state index contributed by atoms with van der Waals surface area (Å²) in [5.74, 6) is -0.179. The van der Waals surface area contributed by atoms with Gasteiger partial charge in [0, 0.05) is 18.7 Å². The molecule has 0 spiro atoms. The summed E-state index contributed by atoms with van der Waals surface area (Å²) in [6.07, 6.45) is 0.392. The number of carbonyl (C=O) groups is 1. The highest BCUT2D eigenvalue weighted by atomic mass is 32.1. The van der Waals surface area contributed by atoms with E-state index in [0.29, 0.717) is 24.7 Å². The van der Waals surface area contributed by atoms with Crippen LogP contribution in [0, 0.1) is 6.92 Å². The van der Waals surface area contributed by atoms with E-state index >= 15 is 0 Å². The first-order valence-corrected chi connectivity index (χ1v) is 13.0. The van der Waals surface area contributed by atoms with E-state index in [-0.39, 0.29) is 5.97 Å². The molecule has 0 bridgehead atoms. The van der Waals surface area contributed by atoms with Crippen LogP contribution in [0.5, 0.6) is 0 Å². The van der Waals surface area contributed by atoms with Gasteiger partial charge in [-0.3, -0.25) is 4.79 Å². The predicted octanol–water partition coefficient (Wildman–Crippen LogP) is 8.28. The van der Waals surface area contributed by atoms with Gasteiger partial charge in [0.2, 0.25) is 5.13 Å². The molecule has 2 heterocycles. The van der Waals surface area contributed by atoms with Crippen molar-refractivity contribution in [1.29, 1.82) is 0 Å². The largest absolute Gasteiger partial charge is 0.464 e. The highest BCUT2D eigenvalue weighted by Crippen LogP contribution is 2.39. The van der Waals surface area contributed by atoms with Crippen molar-refractivity contribution in [2.45, 2.75) is 27.2 Å². The first-order chi connectivity index (χ1) is 17.0. The van der Waals surface area contributed by atoms with E-state index in [4.69, 9.17) is 4.74 Å². The van der Waals surface area contributed by atoms with E-state index in [9.17, 15) is 4.79 Å². The predicted molar refractivity (Wildman–Crippen MR) is 143 cm³/mol. The molecule has 0 unspecified atom stereocenters. The Morgan fingerprint density at radius 1 is 0.943 bits per heavy atom. The normalized spacial score (nSPS) is 11.6. The number of hydrogen-bond donors (Lipinski definition) is 0. The Morgan fingerprint density at radius 2 is 1.63 bits per heavy atom. The lowest BCUT2D eigenvalue weighted by Gasteiger charge is -2.22. The number of hydrogen-bond acceptors (Lipinski definition) is 10. The molecule has 4 rings (SSSR count). The van der Waals surface area contributed by atoms with Gasteiger partial charge in [-0.15, -0.1) is 20.5 Å². The van der Waals surface area contributed by atoms with Crippen LogP contribution in [0.15, 0.2) is 75.1 Å². The van der Waals surface area contributed by atoms with Gasteiger partial charge < -0.3 is 9.64 Å². The third kappa shape index (κ3) is 6.77. The van der Waals surface area contributed by atoms with E-state index in [1.54, 1.807) is 6.92 Å². The number of nitrogens with zero attached hydrogens (tertiary/aromatic N) is 6. The molecule has 0 amide bonds. The summed E-state index contributed by atoms with van der Waals surface area (Å²) < 4.78 is 6.20. The molecule has 0 saturated carbocycles. The van der Waals surface area contributed by atoms with Crippen LogP contribution in [0.3, 0.4) is 0 Å². The zero-order valence-electron chi connectivity index (χ0n) is 19.8. The molecule has 0 fully saturated rings. The third-order valence-corrected chi connectivity index (χ3v) is 7.05. The van der Waals surface area contributed by atoms with E-state index in [0.717, 1.165) is 38.1 Å². The van der Waals surface area contributed by atoms with E-state index in [1.165, 1.54) is 28.2 Å². The summed E-state index contributed by atoms with van der Waals surface area (Å²) in [6.45, 7) is 7.73. The molecule has 0 aliphatic heterocycles. The molecule has 8 nitrogen and oxygen atoms in total. The molecule has 0 N–H and O–H groups in total. The van der Waals surface area contributed by atoms with Gasteiger partial charge >= 0.3 is 5.97 Å². The van der Waals surface area contributed by atoms with Crippen LogP contribution < -0.4 is 4.90 Å². The Balaban J connectivity index is 1.36. The fraction of sp³-hybridized carbons (Fsp3) is 0.280. The van der Waals surface area contributed by atoms with Crippen LogP contribution in [-0.2, 0) is 9.53 Å². The molecule has 0 atom stereocenters. The highest BCUT2D eigenvalue weighted by molar-refractivity contribution is 7.30. The fourth-order valence-corrected chi connectivity index (χ4v) is 5.04. The molecular formula is C25H26N6O2S2. The van der Waals surface area contributed by atoms with Crippen molar-refractivity contribution in [1.82, 2.24) is 4.98 Å². The number of aryl methyl sites for hydroxylation is 1. The second kappa shape index (κ2) is 11.8. The summed E-state index contributed by atoms with van der Waals surface area (Å²) in [5.41, 5.74) is 3.80. The minimum absolute atomic E-state index is 0.179. The zero-order valence-corrected chi connectivity index (χ0v) is 21.5. The minimum Gasteiger partial charge on any atom is -0.464 e. The second-order valence-electron chi connectivity index (χ2n) is 7.66. The Bertz CT molecular complexity index is 1300. The molecular weight excluding hydrogens is 480 g/mol. The number of esters is 1. The minimum atomic E-state index is -0.179. The quantitative estimate of drug-likeness (QED) is 0.160. The van der Waals surface area contributed by atoms with E-state index < -0.39 is 0 Å². The third-order valence-electron chi connectivity index (χ3n) is 5.12. The molecule has 0 aliphatic carbocycles. The number of rotatable bonds is 10. The second-order valence-corrected chi connectivity index (χ2v) is 9.67. The highest BCUT2D eigenvalue weighted by Gasteiger charge is 2.09. The van der Waals surface area contributed by atoms with Gasteiger partial charge in [-0.2, -0.15) is 0 Å². The average Bonchev–Trinajstić information content (AvgIpc) is 3.44. The Labute approximate surface area is 212 Å². The van der Waals surface area contributed by atoms with E-state index in [2.05, 4.69) is 37.3 Å². The van der Waals surface area contributed by atoms with Crippen molar-refractivity contribution in [2.75, 3.05) is 24.6 Å². The number of aromatic nitrogens is 1. The average molecular weight is 507 g/mol. The van der Waals surface area contributed by atoms with Gasteiger partial charge in [0.05, 0.1) is 22.6 Å². The smallest absolute Gasteiger partial charge is 0.305 e. The van der Waals surface area contributed by atoms with Crippen LogP contribution in [0.4, 0.5) is 27.2 Å². The Morgan fingerprint density at radius 3 is 2.29 bits per heavy atom. The zero-order chi connectivity index (χ0) is 24.6. The number of carbonyl (C=O) groups excluding carboxylic acids is 1. The molecule has 0 radical (unpaired) electrons. The Kier molecular flexibility index (Phi) is 8.27. The molecule has 0 aliphatic rings. The molecule has 10 heteroatoms. The number of azo groups is 2. The van der Waals surface area contributed by atoms with Gasteiger partial charge in [0.25, 0.3) is 0 Å². The maximum Gasteiger partial charge on any atom is 0.305 e. The molecule has 2 aromatic heterocycles. The van der Waals surface area contributed by atoms with Crippen molar-refractivity contribution in [3.05, 3.63) is 60.2 Å². The Hall–Kier alpha value is -3.50. The lowest BCUT2D eigenvalue weighted by Crippen LogP contribution is -2.27. The van der Waals surface area contributed by atoms with Crippen molar-refractivity contribution in [2.24, 2.45) is 20.5 Å². The van der Waals surface area contributed by atoms with Crippen molar-refractivity contribution >= 4 is 65.4 Å². The van der Waals surface area contributed by atoms with E-state index in [1.807, 2.05) is 61.5 Å². The molecule has 4 aromatic rings. The topological polar surface area (TPSA) is 91.9 Å². The number of thiazole rings is 1. The van der Waals surface area contributed by atoms with Gasteiger partial charge in [-0.25, -0.2) is 4.98 Å². The van der Waals surface area contributed by atoms with Crippen LogP contribution in [0.25, 0.3) is 9.53 Å². The fourth-order valence-electron chi connectivity index (χ4n) is 3.19. The van der Waals surface area contributed by atoms with Crippen molar-refractivity contribution in [3.8, 4) is 0 Å². The summed E-state index contributed by atoms with van der Waals surface area (Å²) in [5, 5.41) is 18.7. The number of benzene rings is 2. The van der Waals surface area contributed by atoms with Gasteiger partial charge in [-0.1, -0.05) is 47.3 Å². The SMILES string of the molecule is CCC(=O)OCCN(CC)c1ccc(N=Nc2nc3sc(N=Nc4ccc(C)cc4)cc3s2)cc1. The van der Waals surface area contributed by atoms with Crippen molar-refractivity contribution in [3.63, 3.8) is 0 Å². The molecule has 2 aromatic carbocycles. The van der Waals surface area contributed by atoms with Crippen LogP contribution in [-0.4, -0.2) is 30.6 Å². The summed E-state index contributed by atoms with van der Waals surface area (Å²) >= 11 is 2.95. The standard InChI is InChI=1S/C25H26N6O2S2/c1-4-23(32)33-15-14-31(5-2)20-12-10-19(11-13-20)28-30-25-26-24-21(34-25)16-22(35-24)29-27-18-8-6-17(3)7-9-18/h6-13,16H,4-5,14-15H2,1-3H3. The van der Waals surface area contributed by atoms with Gasteiger partial charge in [0.15, 0.2) is 0 Å². The van der Waals surface area contributed by atoms with Crippen LogP contribution in [0.1, 0.15) is 25.8 Å². The first kappa shape index (κ1) is 24.6. The summed E-state index contributed by atoms with van der Waals surface area (Å²) in [7, 11) is 0. The summed E-state index contributed by atoms with van der Waals surface area (Å²) in [6, 6.07) is 17.7. The lowest BCUT2D eigenvalue weighted by atomic mass is 10.2. The van der Waals surface area contributed by atoms with Gasteiger partial charge in [0.1, 0.15) is 16.4 Å². The molecule has 0 saturated heterocycles. The molecule has 35 heavy (non-hydrogen) atoms. The molecule has 180 valence electrons. The monoisotopic (exact) mass is 506 g/mol. The van der Waals surface area contributed by atoms with Crippen LogP contribution >= 0.6 is 22.7 Å². The number of fused-ring (bicyclic) bond motifs is 1. The number of ether oxygens (including phenoxy) is 1. The maximum atomic E-state index is 11.3. The maximum absolute atomic E-state index is 11.3. The lowest BCUT2D eigenvalue weighted by molar-refractivity contribution is -0.142. The number of anilines is 1. The number of thiophene rings is 1. The summed E-state index contributed by atoms with van der Waals surface area (Å²) in [4.78, 5) is 18.9. The van der Waals surface area contributed by atoms with Crippen LogP contribution in [0.2, 0.25) is 0 Å².